The maximum absolute atomic E-state index is 4.80. The first kappa shape index (κ1) is 22.3. The molecule has 1 saturated heterocycles. The molecule has 0 N–H and O–H groups in total. The zero-order valence-electron chi connectivity index (χ0n) is 21.4. The lowest BCUT2D eigenvalue weighted by Crippen LogP contribution is -2.84. The molecule has 0 saturated carbocycles. The zero-order chi connectivity index (χ0) is 24.4. The van der Waals surface area contributed by atoms with Gasteiger partial charge in [0, 0.05) is 23.6 Å². The Balaban J connectivity index is 1.66. The van der Waals surface area contributed by atoms with E-state index in [0.29, 0.717) is 0 Å². The minimum Gasteiger partial charge on any atom is -0.410 e. The molecule has 0 bridgehead atoms. The highest BCUT2D eigenvalue weighted by Crippen LogP contribution is 2.39. The van der Waals surface area contributed by atoms with Crippen molar-refractivity contribution in [3.8, 4) is 11.4 Å². The van der Waals surface area contributed by atoms with E-state index in [4.69, 9.17) is 4.98 Å². The van der Waals surface area contributed by atoms with Gasteiger partial charge >= 0.3 is 21.1 Å². The Morgan fingerprint density at radius 1 is 0.657 bits per heavy atom. The molecule has 0 radical (unpaired) electrons. The molecule has 4 aromatic rings. The molecule has 0 aliphatic carbocycles. The number of imidazole rings is 1. The largest absolute Gasteiger partial charge is 0.454 e. The van der Waals surface area contributed by atoms with Gasteiger partial charge in [0.2, 0.25) is 0 Å². The molecule has 0 spiro atoms. The maximum Gasteiger partial charge on any atom is 0.454 e. The predicted molar refractivity (Wildman–Crippen MR) is 149 cm³/mol. The van der Waals surface area contributed by atoms with Crippen molar-refractivity contribution in [2.24, 2.45) is 0 Å². The van der Waals surface area contributed by atoms with E-state index in [2.05, 4.69) is 127 Å². The van der Waals surface area contributed by atoms with Crippen LogP contribution in [0.5, 0.6) is 0 Å². The van der Waals surface area contributed by atoms with Gasteiger partial charge in [-0.2, -0.15) is 0 Å². The van der Waals surface area contributed by atoms with E-state index in [-0.39, 0.29) is 21.1 Å². The minimum absolute atomic E-state index is 0.00777. The Kier molecular flexibility index (Phi) is 5.20. The van der Waals surface area contributed by atoms with Gasteiger partial charge in [-0.15, -0.1) is 0 Å². The molecule has 6 rings (SSSR count). The molecule has 8 heteroatoms. The highest BCUT2D eigenvalue weighted by molar-refractivity contribution is 7.01. The maximum atomic E-state index is 4.80. The molecule has 172 valence electrons. The van der Waals surface area contributed by atoms with Gasteiger partial charge in [-0.1, -0.05) is 70.8 Å². The first-order chi connectivity index (χ1) is 16.9. The van der Waals surface area contributed by atoms with Gasteiger partial charge in [-0.05, 0) is 64.8 Å². The standard InChI is InChI=1S/C27H30B3N5/c1-19-11-9-12-20(2)25(19)28-32(5)29(26-21(3)13-10-14-22(26)4)35-24-16-8-7-15-23(24)27-31-17-18-34(27)30(35)33(28)6/h7-18H,1-6H3. The number of rotatable bonds is 2. The number of nitrogens with zero attached hydrogens (tertiary/aromatic N) is 5. The number of benzene rings is 3. The summed E-state index contributed by atoms with van der Waals surface area (Å²) in [5.74, 6) is 1.03. The topological polar surface area (TPSA) is 27.5 Å². The lowest BCUT2D eigenvalue weighted by Gasteiger charge is -2.55. The van der Waals surface area contributed by atoms with Gasteiger partial charge in [0.05, 0.1) is 0 Å². The van der Waals surface area contributed by atoms with Crippen LogP contribution in [0.15, 0.2) is 73.1 Å². The van der Waals surface area contributed by atoms with E-state index in [1.165, 1.54) is 44.4 Å². The van der Waals surface area contributed by atoms with E-state index in [1.54, 1.807) is 0 Å². The molecule has 1 fully saturated rings. The highest BCUT2D eigenvalue weighted by Gasteiger charge is 2.56. The predicted octanol–water partition coefficient (Wildman–Crippen LogP) is 3.10. The van der Waals surface area contributed by atoms with Crippen LogP contribution in [-0.2, 0) is 0 Å². The van der Waals surface area contributed by atoms with Crippen LogP contribution >= 0.6 is 0 Å². The van der Waals surface area contributed by atoms with Gasteiger partial charge in [0.25, 0.3) is 0 Å². The summed E-state index contributed by atoms with van der Waals surface area (Å²) in [6.45, 7) is 9.12. The molecule has 0 amide bonds. The fraction of sp³-hybridized carbons (Fsp3) is 0.222. The molecular formula is C27H30B3N5. The number of anilines is 1. The Morgan fingerprint density at radius 3 is 1.86 bits per heavy atom. The van der Waals surface area contributed by atoms with Crippen molar-refractivity contribution in [1.82, 2.24) is 18.9 Å². The number of hydrogen-bond donors (Lipinski definition) is 0. The average molecular weight is 457 g/mol. The zero-order valence-corrected chi connectivity index (χ0v) is 21.4. The number of aromatic nitrogens is 2. The molecule has 3 heterocycles. The van der Waals surface area contributed by atoms with Crippen LogP contribution in [0.3, 0.4) is 0 Å². The summed E-state index contributed by atoms with van der Waals surface area (Å²) in [5, 5.41) is 0. The molecule has 35 heavy (non-hydrogen) atoms. The van der Waals surface area contributed by atoms with E-state index < -0.39 is 0 Å². The van der Waals surface area contributed by atoms with E-state index >= 15 is 0 Å². The van der Waals surface area contributed by atoms with Gasteiger partial charge in [0.1, 0.15) is 5.82 Å². The molecule has 0 atom stereocenters. The summed E-state index contributed by atoms with van der Waals surface area (Å²) in [5.41, 5.74) is 10.4. The fourth-order valence-corrected chi connectivity index (χ4v) is 6.47. The minimum atomic E-state index is -0.00777. The van der Waals surface area contributed by atoms with Gasteiger partial charge in [-0.25, -0.2) is 4.98 Å². The van der Waals surface area contributed by atoms with Crippen molar-refractivity contribution in [3.63, 3.8) is 0 Å². The summed E-state index contributed by atoms with van der Waals surface area (Å²) in [7, 11) is 4.53. The summed E-state index contributed by atoms with van der Waals surface area (Å²) in [6.07, 6.45) is 4.07. The summed E-state index contributed by atoms with van der Waals surface area (Å²) >= 11 is 0. The molecule has 2 aliphatic heterocycles. The normalized spacial score (nSPS) is 15.8. The second-order valence-electron chi connectivity index (χ2n) is 10.1. The number of fused-ring (bicyclic) bond motifs is 6. The molecular weight excluding hydrogens is 427 g/mol. The second-order valence-corrected chi connectivity index (χ2v) is 10.1. The van der Waals surface area contributed by atoms with E-state index in [9.17, 15) is 0 Å². The third-order valence-corrected chi connectivity index (χ3v) is 7.98. The monoisotopic (exact) mass is 457 g/mol. The van der Waals surface area contributed by atoms with Crippen LogP contribution in [0.4, 0.5) is 5.69 Å². The quantitative estimate of drug-likeness (QED) is 0.433. The third-order valence-electron chi connectivity index (χ3n) is 7.98. The van der Waals surface area contributed by atoms with Crippen LogP contribution in [0, 0.1) is 27.7 Å². The third kappa shape index (κ3) is 3.16. The summed E-state index contributed by atoms with van der Waals surface area (Å²) < 4.78 is 9.99. The second kappa shape index (κ2) is 8.18. The number of para-hydroxylation sites is 1. The first-order valence-corrected chi connectivity index (χ1v) is 12.4. The van der Waals surface area contributed by atoms with Crippen LogP contribution in [0.25, 0.3) is 11.4 Å². The Labute approximate surface area is 209 Å². The average Bonchev–Trinajstić information content (AvgIpc) is 3.32. The lowest BCUT2D eigenvalue weighted by molar-refractivity contribution is 0.642. The van der Waals surface area contributed by atoms with Crippen LogP contribution in [0.2, 0.25) is 0 Å². The van der Waals surface area contributed by atoms with Gasteiger partial charge in [0.15, 0.2) is 0 Å². The Morgan fingerprint density at radius 2 is 1.23 bits per heavy atom. The Hall–Kier alpha value is -3.22. The summed E-state index contributed by atoms with van der Waals surface area (Å²) in [4.78, 5) is 4.80. The van der Waals surface area contributed by atoms with Crippen molar-refractivity contribution < 1.29 is 0 Å². The molecule has 1 aromatic heterocycles. The SMILES string of the molecule is Cc1cccc(C)c1B1N(C)B(c2c(C)cccc2C)N2B(N1C)n1ccnc1-c1ccccc12. The van der Waals surface area contributed by atoms with Gasteiger partial charge < -0.3 is 18.6 Å². The van der Waals surface area contributed by atoms with E-state index in [0.717, 1.165) is 5.82 Å². The van der Waals surface area contributed by atoms with Gasteiger partial charge in [-0.3, -0.25) is 0 Å². The molecule has 5 nitrogen and oxygen atoms in total. The lowest BCUT2D eigenvalue weighted by atomic mass is 9.40. The molecule has 3 aromatic carbocycles. The van der Waals surface area contributed by atoms with Crippen molar-refractivity contribution in [3.05, 3.63) is 95.3 Å². The van der Waals surface area contributed by atoms with Crippen LogP contribution in [0.1, 0.15) is 22.3 Å². The molecule has 2 aliphatic rings. The smallest absolute Gasteiger partial charge is 0.410 e. The van der Waals surface area contributed by atoms with Crippen LogP contribution < -0.4 is 15.6 Å². The Bertz CT molecular complexity index is 1390. The summed E-state index contributed by atoms with van der Waals surface area (Å²) in [6, 6.07) is 22.0. The van der Waals surface area contributed by atoms with Crippen LogP contribution in [-0.4, -0.2) is 54.1 Å². The first-order valence-electron chi connectivity index (χ1n) is 12.4. The molecule has 0 unspecified atom stereocenters. The van der Waals surface area contributed by atoms with Crippen molar-refractivity contribution in [1.29, 1.82) is 0 Å². The van der Waals surface area contributed by atoms with Crippen molar-refractivity contribution >= 4 is 37.7 Å². The van der Waals surface area contributed by atoms with E-state index in [1.807, 2.05) is 6.20 Å². The van der Waals surface area contributed by atoms with Crippen molar-refractivity contribution in [2.75, 3.05) is 18.8 Å². The number of hydrogen-bond acceptors (Lipinski definition) is 4. The van der Waals surface area contributed by atoms with Crippen molar-refractivity contribution in [2.45, 2.75) is 27.7 Å². The highest BCUT2D eigenvalue weighted by atomic mass is 15.4. The fourth-order valence-electron chi connectivity index (χ4n) is 6.47. The number of aryl methyl sites for hydroxylation is 4.